The zero-order valence-corrected chi connectivity index (χ0v) is 17.3. The van der Waals surface area contributed by atoms with Gasteiger partial charge < -0.3 is 10.2 Å². The van der Waals surface area contributed by atoms with Crippen molar-refractivity contribution in [2.24, 2.45) is 5.41 Å². The molecule has 0 aromatic heterocycles. The smallest absolute Gasteiger partial charge is 0.224 e. The van der Waals surface area contributed by atoms with E-state index in [1.165, 1.54) is 22.4 Å². The van der Waals surface area contributed by atoms with Crippen molar-refractivity contribution >= 4 is 17.3 Å². The zero-order valence-electron chi connectivity index (χ0n) is 17.3. The highest BCUT2D eigenvalue weighted by atomic mass is 16.1. The van der Waals surface area contributed by atoms with E-state index in [0.717, 1.165) is 37.2 Å². The molecular formula is C23H34N2O. The molecule has 0 saturated carbocycles. The molecule has 0 unspecified atom stereocenters. The van der Waals surface area contributed by atoms with Crippen LogP contribution in [0.3, 0.4) is 0 Å². The van der Waals surface area contributed by atoms with Crippen molar-refractivity contribution in [3.05, 3.63) is 47.1 Å². The van der Waals surface area contributed by atoms with Crippen molar-refractivity contribution in [3.8, 4) is 0 Å². The molecule has 0 bridgehead atoms. The lowest BCUT2D eigenvalue weighted by atomic mass is 9.90. The zero-order chi connectivity index (χ0) is 19.5. The van der Waals surface area contributed by atoms with Crippen LogP contribution >= 0.6 is 0 Å². The van der Waals surface area contributed by atoms with Gasteiger partial charge >= 0.3 is 0 Å². The summed E-state index contributed by atoms with van der Waals surface area (Å²) in [6, 6.07) is 2.25. The van der Waals surface area contributed by atoms with Gasteiger partial charge in [0.15, 0.2) is 0 Å². The molecule has 1 aromatic rings. The number of amides is 1. The molecule has 0 spiro atoms. The lowest BCUT2D eigenvalue weighted by molar-refractivity contribution is -0.117. The number of allylic oxidation sites excluding steroid dienone is 2. The predicted molar refractivity (Wildman–Crippen MR) is 113 cm³/mol. The molecule has 0 saturated heterocycles. The van der Waals surface area contributed by atoms with Crippen LogP contribution in [-0.4, -0.2) is 19.0 Å². The van der Waals surface area contributed by atoms with Gasteiger partial charge in [0.05, 0.1) is 0 Å². The first-order chi connectivity index (χ1) is 12.1. The Morgan fingerprint density at radius 3 is 2.65 bits per heavy atom. The lowest BCUT2D eigenvalue weighted by Gasteiger charge is -2.34. The minimum Gasteiger partial charge on any atom is -0.367 e. The van der Waals surface area contributed by atoms with E-state index in [2.05, 4.69) is 70.5 Å². The number of benzene rings is 1. The molecule has 0 fully saturated rings. The Kier molecular flexibility index (Phi) is 6.33. The number of fused-ring (bicyclic) bond motifs is 1. The summed E-state index contributed by atoms with van der Waals surface area (Å²) in [5, 5.41) is 3.18. The second-order valence-corrected chi connectivity index (χ2v) is 8.75. The normalized spacial score (nSPS) is 14.8. The van der Waals surface area contributed by atoms with E-state index in [1.54, 1.807) is 0 Å². The van der Waals surface area contributed by atoms with Crippen LogP contribution in [0.2, 0.25) is 0 Å². The maximum absolute atomic E-state index is 12.4. The van der Waals surface area contributed by atoms with Gasteiger partial charge in [0.1, 0.15) is 0 Å². The molecule has 1 aliphatic rings. The van der Waals surface area contributed by atoms with E-state index < -0.39 is 0 Å². The average molecular weight is 355 g/mol. The summed E-state index contributed by atoms with van der Waals surface area (Å²) in [4.78, 5) is 14.9. The molecule has 1 heterocycles. The van der Waals surface area contributed by atoms with Crippen LogP contribution in [0, 0.1) is 19.3 Å². The maximum atomic E-state index is 12.4. The quantitative estimate of drug-likeness (QED) is 0.702. The largest absolute Gasteiger partial charge is 0.367 e. The minimum absolute atomic E-state index is 0.00802. The van der Waals surface area contributed by atoms with Gasteiger partial charge in [-0.3, -0.25) is 4.79 Å². The molecule has 1 aliphatic heterocycles. The summed E-state index contributed by atoms with van der Waals surface area (Å²) >= 11 is 0. The van der Waals surface area contributed by atoms with Crippen LogP contribution in [0.25, 0.3) is 0 Å². The predicted octanol–water partition coefficient (Wildman–Crippen LogP) is 5.56. The summed E-state index contributed by atoms with van der Waals surface area (Å²) in [6.07, 6.45) is 6.68. The van der Waals surface area contributed by atoms with Crippen molar-refractivity contribution in [3.63, 3.8) is 0 Å². The van der Waals surface area contributed by atoms with Crippen LogP contribution in [0.5, 0.6) is 0 Å². The SMILES string of the molecule is C=CC=C(C)CN1CCCc2c1cc(C)c(NC(=O)CC(C)(C)C)c2C. The Hall–Kier alpha value is -2.03. The lowest BCUT2D eigenvalue weighted by Crippen LogP contribution is -2.31. The summed E-state index contributed by atoms with van der Waals surface area (Å²) in [6.45, 7) is 18.5. The van der Waals surface area contributed by atoms with Crippen LogP contribution < -0.4 is 10.2 Å². The highest BCUT2D eigenvalue weighted by molar-refractivity contribution is 5.93. The Bertz CT molecular complexity index is 723. The molecule has 2 rings (SSSR count). The Morgan fingerprint density at radius 2 is 2.04 bits per heavy atom. The van der Waals surface area contributed by atoms with Crippen molar-refractivity contribution < 1.29 is 4.79 Å². The molecule has 3 heteroatoms. The van der Waals surface area contributed by atoms with E-state index in [4.69, 9.17) is 0 Å². The van der Waals surface area contributed by atoms with Gasteiger partial charge in [0.25, 0.3) is 0 Å². The van der Waals surface area contributed by atoms with Gasteiger partial charge in [0, 0.05) is 30.9 Å². The van der Waals surface area contributed by atoms with Gasteiger partial charge in [0.2, 0.25) is 5.91 Å². The number of nitrogens with one attached hydrogen (secondary N) is 1. The second-order valence-electron chi connectivity index (χ2n) is 8.75. The average Bonchev–Trinajstić information content (AvgIpc) is 2.51. The van der Waals surface area contributed by atoms with Crippen molar-refractivity contribution in [1.82, 2.24) is 0 Å². The molecule has 1 aromatic carbocycles. The van der Waals surface area contributed by atoms with Gasteiger partial charge in [-0.15, -0.1) is 0 Å². The number of hydrogen-bond donors (Lipinski definition) is 1. The molecular weight excluding hydrogens is 320 g/mol. The van der Waals surface area contributed by atoms with E-state index in [1.807, 2.05) is 6.08 Å². The summed E-state index contributed by atoms with van der Waals surface area (Å²) in [5.41, 5.74) is 7.35. The molecule has 3 nitrogen and oxygen atoms in total. The number of hydrogen-bond acceptors (Lipinski definition) is 2. The van der Waals surface area contributed by atoms with E-state index >= 15 is 0 Å². The first kappa shape index (κ1) is 20.3. The second kappa shape index (κ2) is 8.11. The van der Waals surface area contributed by atoms with Gasteiger partial charge in [-0.2, -0.15) is 0 Å². The van der Waals surface area contributed by atoms with Gasteiger partial charge in [-0.25, -0.2) is 0 Å². The van der Waals surface area contributed by atoms with Crippen molar-refractivity contribution in [2.75, 3.05) is 23.3 Å². The van der Waals surface area contributed by atoms with Crippen molar-refractivity contribution in [2.45, 2.75) is 60.8 Å². The number of anilines is 2. The highest BCUT2D eigenvalue weighted by Crippen LogP contribution is 2.37. The number of aryl methyl sites for hydroxylation is 1. The fourth-order valence-electron chi connectivity index (χ4n) is 3.74. The maximum Gasteiger partial charge on any atom is 0.224 e. The summed E-state index contributed by atoms with van der Waals surface area (Å²) < 4.78 is 0. The summed E-state index contributed by atoms with van der Waals surface area (Å²) in [5.74, 6) is 0.0982. The Balaban J connectivity index is 2.32. The third kappa shape index (κ3) is 5.00. The molecule has 0 atom stereocenters. The van der Waals surface area contributed by atoms with Crippen LogP contribution in [0.4, 0.5) is 11.4 Å². The van der Waals surface area contributed by atoms with Crippen LogP contribution in [0.1, 0.15) is 57.2 Å². The molecule has 1 amide bonds. The number of rotatable bonds is 5. The molecule has 26 heavy (non-hydrogen) atoms. The monoisotopic (exact) mass is 354 g/mol. The fraction of sp³-hybridized carbons (Fsp3) is 0.522. The number of carbonyl (C=O) groups excluding carboxylic acids is 1. The Morgan fingerprint density at radius 1 is 1.35 bits per heavy atom. The standard InChI is InChI=1S/C23H34N2O/c1-8-10-16(2)15-25-12-9-11-19-18(4)22(17(3)13-20(19)25)24-21(26)14-23(5,6)7/h8,10,13H,1,9,11-12,14-15H2,2-7H3,(H,24,26). The number of nitrogens with zero attached hydrogens (tertiary/aromatic N) is 1. The van der Waals surface area contributed by atoms with Crippen LogP contribution in [0.15, 0.2) is 30.4 Å². The van der Waals surface area contributed by atoms with E-state index in [0.29, 0.717) is 6.42 Å². The van der Waals surface area contributed by atoms with E-state index in [-0.39, 0.29) is 11.3 Å². The molecule has 142 valence electrons. The first-order valence-electron chi connectivity index (χ1n) is 9.58. The Labute approximate surface area is 159 Å². The van der Waals surface area contributed by atoms with Gasteiger partial charge in [-0.05, 0) is 61.8 Å². The summed E-state index contributed by atoms with van der Waals surface area (Å²) in [7, 11) is 0. The van der Waals surface area contributed by atoms with E-state index in [9.17, 15) is 4.79 Å². The molecule has 0 aliphatic carbocycles. The number of carbonyl (C=O) groups is 1. The first-order valence-corrected chi connectivity index (χ1v) is 9.58. The fourth-order valence-corrected chi connectivity index (χ4v) is 3.74. The van der Waals surface area contributed by atoms with Crippen molar-refractivity contribution in [1.29, 1.82) is 0 Å². The third-order valence-electron chi connectivity index (χ3n) is 4.88. The highest BCUT2D eigenvalue weighted by Gasteiger charge is 2.23. The third-order valence-corrected chi connectivity index (χ3v) is 4.88. The topological polar surface area (TPSA) is 32.3 Å². The molecule has 0 radical (unpaired) electrons. The van der Waals surface area contributed by atoms with Gasteiger partial charge in [-0.1, -0.05) is 45.1 Å². The molecule has 1 N–H and O–H groups in total. The minimum atomic E-state index is -0.00802. The van der Waals surface area contributed by atoms with Crippen LogP contribution in [-0.2, 0) is 11.2 Å².